The molecule has 0 radical (unpaired) electrons. The average molecular weight is 752 g/mol. The van der Waals surface area contributed by atoms with Crippen LogP contribution in [0.25, 0.3) is 55.6 Å². The van der Waals surface area contributed by atoms with Crippen molar-refractivity contribution < 1.29 is 0 Å². The first-order valence-corrected chi connectivity index (χ1v) is 20.8. The Morgan fingerprint density at radius 3 is 1.37 bits per heavy atom. The van der Waals surface area contributed by atoms with E-state index in [1.807, 2.05) is 0 Å². The van der Waals surface area contributed by atoms with Crippen LogP contribution in [0.2, 0.25) is 0 Å². The van der Waals surface area contributed by atoms with Crippen molar-refractivity contribution in [2.75, 3.05) is 4.90 Å². The van der Waals surface area contributed by atoms with Crippen LogP contribution in [0.15, 0.2) is 212 Å². The molecule has 0 saturated carbocycles. The highest BCUT2D eigenvalue weighted by molar-refractivity contribution is 6.09. The molecule has 0 amide bonds. The zero-order chi connectivity index (χ0) is 39.3. The van der Waals surface area contributed by atoms with Crippen LogP contribution in [0.1, 0.15) is 47.2 Å². The van der Waals surface area contributed by atoms with E-state index in [4.69, 9.17) is 0 Å². The van der Waals surface area contributed by atoms with Gasteiger partial charge in [-0.15, -0.1) is 0 Å². The van der Waals surface area contributed by atoms with Crippen molar-refractivity contribution in [1.29, 1.82) is 0 Å². The first-order valence-electron chi connectivity index (χ1n) is 20.8. The fourth-order valence-electron chi connectivity index (χ4n) is 10.9. The molecular weight excluding hydrogens is 711 g/mol. The van der Waals surface area contributed by atoms with E-state index >= 15 is 0 Å². The van der Waals surface area contributed by atoms with Crippen LogP contribution >= 0.6 is 0 Å². The van der Waals surface area contributed by atoms with Crippen LogP contribution in [0.5, 0.6) is 0 Å². The molecule has 278 valence electrons. The largest absolute Gasteiger partial charge is 0.309 e. The van der Waals surface area contributed by atoms with Crippen molar-refractivity contribution in [3.8, 4) is 55.6 Å². The Hall–Kier alpha value is -7.22. The second kappa shape index (κ2) is 12.6. The normalized spacial score (nSPS) is 14.2. The van der Waals surface area contributed by atoms with Gasteiger partial charge in [0.2, 0.25) is 0 Å². The molecule has 0 atom stereocenters. The zero-order valence-electron chi connectivity index (χ0n) is 33.2. The molecule has 9 aromatic carbocycles. The molecule has 1 nitrogen and oxygen atoms in total. The molecule has 9 aromatic rings. The number of hydrogen-bond acceptors (Lipinski definition) is 1. The Labute approximate surface area is 346 Å². The van der Waals surface area contributed by atoms with E-state index < -0.39 is 5.41 Å². The molecule has 3 aliphatic rings. The summed E-state index contributed by atoms with van der Waals surface area (Å²) in [5, 5.41) is 0. The van der Waals surface area contributed by atoms with Crippen molar-refractivity contribution in [3.63, 3.8) is 0 Å². The van der Waals surface area contributed by atoms with Gasteiger partial charge < -0.3 is 4.90 Å². The van der Waals surface area contributed by atoms with Gasteiger partial charge in [0.15, 0.2) is 0 Å². The summed E-state index contributed by atoms with van der Waals surface area (Å²) in [5.41, 5.74) is 23.6. The number of fused-ring (bicyclic) bond motifs is 13. The third-order valence-corrected chi connectivity index (χ3v) is 13.5. The van der Waals surface area contributed by atoms with Gasteiger partial charge in [-0.05, 0) is 108 Å². The van der Waals surface area contributed by atoms with Crippen LogP contribution < -0.4 is 4.90 Å². The third kappa shape index (κ3) is 4.67. The van der Waals surface area contributed by atoms with Crippen molar-refractivity contribution in [3.05, 3.63) is 246 Å². The van der Waals surface area contributed by atoms with Crippen LogP contribution in [0, 0.1) is 0 Å². The quantitative estimate of drug-likeness (QED) is 0.169. The SMILES string of the molecule is CC1(C)c2ccccc2-c2c1cc1c(c2N(c2ccccc2)c2ccc(-c3ccccc3)cc2)-c2cc(-c3ccccc3)ccc2C12c1ccccc1-c1ccccc12. The molecule has 0 fully saturated rings. The molecule has 1 spiro atoms. The highest BCUT2D eigenvalue weighted by Gasteiger charge is 2.54. The van der Waals surface area contributed by atoms with E-state index in [9.17, 15) is 0 Å². The summed E-state index contributed by atoms with van der Waals surface area (Å²) in [6.45, 7) is 4.85. The smallest absolute Gasteiger partial charge is 0.0726 e. The van der Waals surface area contributed by atoms with Crippen molar-refractivity contribution in [2.45, 2.75) is 24.7 Å². The second-order valence-electron chi connectivity index (χ2n) is 16.8. The lowest BCUT2D eigenvalue weighted by atomic mass is 9.69. The lowest BCUT2D eigenvalue weighted by Crippen LogP contribution is -2.27. The van der Waals surface area contributed by atoms with Crippen LogP contribution in [0.4, 0.5) is 17.1 Å². The van der Waals surface area contributed by atoms with E-state index in [1.54, 1.807) is 0 Å². The summed E-state index contributed by atoms with van der Waals surface area (Å²) in [5.74, 6) is 0. The van der Waals surface area contributed by atoms with Gasteiger partial charge in [-0.25, -0.2) is 0 Å². The molecule has 0 N–H and O–H groups in total. The minimum atomic E-state index is -0.513. The number of para-hydroxylation sites is 1. The summed E-state index contributed by atoms with van der Waals surface area (Å²) >= 11 is 0. The predicted octanol–water partition coefficient (Wildman–Crippen LogP) is 15.1. The van der Waals surface area contributed by atoms with Crippen LogP contribution in [-0.4, -0.2) is 0 Å². The number of hydrogen-bond donors (Lipinski definition) is 0. The second-order valence-corrected chi connectivity index (χ2v) is 16.8. The lowest BCUT2D eigenvalue weighted by molar-refractivity contribution is 0.657. The summed E-state index contributed by atoms with van der Waals surface area (Å²) in [6.07, 6.45) is 0. The average Bonchev–Trinajstić information content (AvgIpc) is 3.86. The van der Waals surface area contributed by atoms with Gasteiger partial charge in [0.1, 0.15) is 0 Å². The highest BCUT2D eigenvalue weighted by Crippen LogP contribution is 2.68. The van der Waals surface area contributed by atoms with Gasteiger partial charge in [-0.2, -0.15) is 0 Å². The first kappa shape index (κ1) is 33.9. The van der Waals surface area contributed by atoms with Crippen molar-refractivity contribution in [1.82, 2.24) is 0 Å². The number of nitrogens with zero attached hydrogens (tertiary/aromatic N) is 1. The van der Waals surface area contributed by atoms with Crippen LogP contribution in [0.3, 0.4) is 0 Å². The summed E-state index contributed by atoms with van der Waals surface area (Å²) in [6, 6.07) is 79.2. The summed E-state index contributed by atoms with van der Waals surface area (Å²) < 4.78 is 0. The standard InChI is InChI=1S/C58H41N/c1-57(2)48-27-15-14-26-46(48)54-52(57)37-53-55(56(54)59(42-22-10-5-11-23-42)43-33-30-40(31-34-43)38-18-6-3-7-19-38)47-36-41(39-20-8-4-9-21-39)32-35-51(47)58(53)49-28-16-12-24-44(49)45-25-13-17-29-50(45)58/h3-37H,1-2H3. The van der Waals surface area contributed by atoms with E-state index in [2.05, 4.69) is 231 Å². The van der Waals surface area contributed by atoms with Gasteiger partial charge in [-0.3, -0.25) is 0 Å². The van der Waals surface area contributed by atoms with Gasteiger partial charge in [0.25, 0.3) is 0 Å². The molecule has 59 heavy (non-hydrogen) atoms. The van der Waals surface area contributed by atoms with Gasteiger partial charge in [0.05, 0.1) is 11.1 Å². The fourth-order valence-corrected chi connectivity index (χ4v) is 10.9. The van der Waals surface area contributed by atoms with Gasteiger partial charge in [0, 0.05) is 27.9 Å². The minimum Gasteiger partial charge on any atom is -0.309 e. The Bertz CT molecular complexity index is 3060. The van der Waals surface area contributed by atoms with Crippen LogP contribution in [-0.2, 0) is 10.8 Å². The highest BCUT2D eigenvalue weighted by atomic mass is 15.1. The maximum Gasteiger partial charge on any atom is 0.0726 e. The minimum absolute atomic E-state index is 0.238. The Morgan fingerprint density at radius 1 is 0.305 bits per heavy atom. The number of anilines is 3. The molecule has 1 heteroatoms. The maximum absolute atomic E-state index is 2.62. The molecule has 0 aliphatic heterocycles. The van der Waals surface area contributed by atoms with E-state index in [-0.39, 0.29) is 5.41 Å². The molecule has 0 bridgehead atoms. The van der Waals surface area contributed by atoms with Gasteiger partial charge in [-0.1, -0.05) is 196 Å². The third-order valence-electron chi connectivity index (χ3n) is 13.5. The molecule has 0 unspecified atom stereocenters. The summed E-state index contributed by atoms with van der Waals surface area (Å²) in [4.78, 5) is 2.56. The first-order chi connectivity index (χ1) is 29.0. The number of benzene rings is 9. The molecule has 0 aromatic heterocycles. The predicted molar refractivity (Wildman–Crippen MR) is 246 cm³/mol. The number of rotatable bonds is 5. The summed E-state index contributed by atoms with van der Waals surface area (Å²) in [7, 11) is 0. The Morgan fingerprint density at radius 2 is 0.746 bits per heavy atom. The topological polar surface area (TPSA) is 3.24 Å². The molecule has 3 aliphatic carbocycles. The van der Waals surface area contributed by atoms with E-state index in [1.165, 1.54) is 94.7 Å². The van der Waals surface area contributed by atoms with Gasteiger partial charge >= 0.3 is 0 Å². The zero-order valence-corrected chi connectivity index (χ0v) is 33.2. The lowest BCUT2D eigenvalue weighted by Gasteiger charge is -2.34. The molecule has 12 rings (SSSR count). The monoisotopic (exact) mass is 751 g/mol. The van der Waals surface area contributed by atoms with Crippen molar-refractivity contribution >= 4 is 17.1 Å². The van der Waals surface area contributed by atoms with E-state index in [0.717, 1.165) is 11.4 Å². The van der Waals surface area contributed by atoms with Crippen molar-refractivity contribution in [2.24, 2.45) is 0 Å². The molecule has 0 heterocycles. The molecular formula is C58H41N. The Balaban J connectivity index is 1.26. The fraction of sp³-hybridized carbons (Fsp3) is 0.0690. The Kier molecular flexibility index (Phi) is 7.26. The molecule has 0 saturated heterocycles. The van der Waals surface area contributed by atoms with E-state index in [0.29, 0.717) is 0 Å². The maximum atomic E-state index is 2.62.